The molecule has 2 aromatic heterocycles. The standard InChI is InChI=1S/C13H10FN3S/c14-9-4-5-12-11(7-9)16-13(18)17(12)8-10-3-1-2-6-15-10/h1-7H,8H2,(H,16,18). The number of nitrogens with one attached hydrogen (secondary N) is 1. The Bertz CT molecular complexity index is 746. The van der Waals surface area contributed by atoms with Gasteiger partial charge in [0.2, 0.25) is 0 Å². The van der Waals surface area contributed by atoms with Crippen molar-refractivity contribution in [2.24, 2.45) is 0 Å². The van der Waals surface area contributed by atoms with Gasteiger partial charge in [-0.2, -0.15) is 0 Å². The number of hydrogen-bond acceptors (Lipinski definition) is 2. The van der Waals surface area contributed by atoms with Crippen LogP contribution < -0.4 is 0 Å². The molecule has 0 aliphatic heterocycles. The van der Waals surface area contributed by atoms with Crippen molar-refractivity contribution in [2.75, 3.05) is 0 Å². The average Bonchev–Trinajstić information content (AvgIpc) is 2.66. The fourth-order valence-electron chi connectivity index (χ4n) is 1.95. The number of aromatic nitrogens is 3. The number of pyridine rings is 1. The quantitative estimate of drug-likeness (QED) is 0.716. The first-order chi connectivity index (χ1) is 8.74. The summed E-state index contributed by atoms with van der Waals surface area (Å²) >= 11 is 5.25. The van der Waals surface area contributed by atoms with Crippen LogP contribution >= 0.6 is 12.2 Å². The molecule has 0 fully saturated rings. The summed E-state index contributed by atoms with van der Waals surface area (Å²) in [5, 5.41) is 0. The number of hydrogen-bond donors (Lipinski definition) is 1. The smallest absolute Gasteiger partial charge is 0.178 e. The molecule has 0 amide bonds. The largest absolute Gasteiger partial charge is 0.330 e. The lowest BCUT2D eigenvalue weighted by Gasteiger charge is -2.03. The van der Waals surface area contributed by atoms with Crippen molar-refractivity contribution in [3.8, 4) is 0 Å². The third-order valence-corrected chi connectivity index (χ3v) is 3.10. The number of aromatic amines is 1. The molecule has 0 radical (unpaired) electrons. The zero-order chi connectivity index (χ0) is 12.5. The second-order valence-electron chi connectivity index (χ2n) is 4.00. The van der Waals surface area contributed by atoms with E-state index in [-0.39, 0.29) is 5.82 Å². The van der Waals surface area contributed by atoms with Crippen molar-refractivity contribution in [1.29, 1.82) is 0 Å². The molecule has 1 N–H and O–H groups in total. The topological polar surface area (TPSA) is 33.6 Å². The van der Waals surface area contributed by atoms with Gasteiger partial charge in [0, 0.05) is 6.20 Å². The molecule has 18 heavy (non-hydrogen) atoms. The van der Waals surface area contributed by atoms with Gasteiger partial charge in [0.15, 0.2) is 4.77 Å². The van der Waals surface area contributed by atoms with Crippen LogP contribution in [-0.2, 0) is 6.54 Å². The fourth-order valence-corrected chi connectivity index (χ4v) is 2.22. The lowest BCUT2D eigenvalue weighted by Crippen LogP contribution is -2.01. The minimum Gasteiger partial charge on any atom is -0.330 e. The van der Waals surface area contributed by atoms with Gasteiger partial charge in [-0.1, -0.05) is 6.07 Å². The van der Waals surface area contributed by atoms with E-state index in [1.807, 2.05) is 22.8 Å². The van der Waals surface area contributed by atoms with E-state index in [0.29, 0.717) is 16.8 Å². The molecule has 2 heterocycles. The molecule has 0 atom stereocenters. The molecular formula is C13H10FN3S. The first-order valence-corrected chi connectivity index (χ1v) is 5.93. The summed E-state index contributed by atoms with van der Waals surface area (Å²) in [4.78, 5) is 7.26. The number of H-pyrrole nitrogens is 1. The molecule has 0 saturated carbocycles. The average molecular weight is 259 g/mol. The number of benzene rings is 1. The SMILES string of the molecule is Fc1ccc2c(c1)[nH]c(=S)n2Cc1ccccn1. The Hall–Kier alpha value is -2.01. The number of halogens is 1. The van der Waals surface area contributed by atoms with Crippen LogP contribution in [0.5, 0.6) is 0 Å². The first-order valence-electron chi connectivity index (χ1n) is 5.52. The van der Waals surface area contributed by atoms with Crippen LogP contribution in [0.4, 0.5) is 4.39 Å². The Balaban J connectivity index is 2.12. The summed E-state index contributed by atoms with van der Waals surface area (Å²) in [7, 11) is 0. The Kier molecular flexibility index (Phi) is 2.68. The van der Waals surface area contributed by atoms with Crippen molar-refractivity contribution in [1.82, 2.24) is 14.5 Å². The van der Waals surface area contributed by atoms with Gasteiger partial charge >= 0.3 is 0 Å². The van der Waals surface area contributed by atoms with Crippen LogP contribution in [0.2, 0.25) is 0 Å². The fraction of sp³-hybridized carbons (Fsp3) is 0.0769. The Morgan fingerprint density at radius 3 is 2.94 bits per heavy atom. The molecular weight excluding hydrogens is 249 g/mol. The van der Waals surface area contributed by atoms with Gasteiger partial charge in [-0.25, -0.2) is 4.39 Å². The maximum absolute atomic E-state index is 13.1. The van der Waals surface area contributed by atoms with Gasteiger partial charge in [0.05, 0.1) is 23.3 Å². The summed E-state index contributed by atoms with van der Waals surface area (Å²) in [6.45, 7) is 0.575. The highest BCUT2D eigenvalue weighted by Gasteiger charge is 2.06. The third-order valence-electron chi connectivity index (χ3n) is 2.78. The summed E-state index contributed by atoms with van der Waals surface area (Å²) in [6, 6.07) is 10.3. The molecule has 5 heteroatoms. The van der Waals surface area contributed by atoms with Crippen LogP contribution in [0.3, 0.4) is 0 Å². The van der Waals surface area contributed by atoms with E-state index in [9.17, 15) is 4.39 Å². The number of imidazole rings is 1. The Morgan fingerprint density at radius 1 is 1.28 bits per heavy atom. The highest BCUT2D eigenvalue weighted by Crippen LogP contribution is 2.16. The van der Waals surface area contributed by atoms with E-state index in [0.717, 1.165) is 11.2 Å². The van der Waals surface area contributed by atoms with Crippen LogP contribution in [0.15, 0.2) is 42.6 Å². The minimum absolute atomic E-state index is 0.274. The Labute approximate surface area is 108 Å². The highest BCUT2D eigenvalue weighted by atomic mass is 32.1. The molecule has 0 unspecified atom stereocenters. The van der Waals surface area contributed by atoms with Gasteiger partial charge in [0.1, 0.15) is 5.82 Å². The monoisotopic (exact) mass is 259 g/mol. The minimum atomic E-state index is -0.274. The lowest BCUT2D eigenvalue weighted by molar-refractivity contribution is 0.629. The molecule has 0 saturated heterocycles. The van der Waals surface area contributed by atoms with E-state index in [1.54, 1.807) is 12.3 Å². The second-order valence-corrected chi connectivity index (χ2v) is 4.39. The maximum Gasteiger partial charge on any atom is 0.178 e. The zero-order valence-electron chi connectivity index (χ0n) is 9.43. The summed E-state index contributed by atoms with van der Waals surface area (Å²) in [5.74, 6) is -0.274. The summed E-state index contributed by atoms with van der Waals surface area (Å²) in [5.41, 5.74) is 2.50. The molecule has 0 aliphatic rings. The molecule has 1 aromatic carbocycles. The van der Waals surface area contributed by atoms with Crippen LogP contribution in [0.25, 0.3) is 11.0 Å². The van der Waals surface area contributed by atoms with Gasteiger partial charge in [0.25, 0.3) is 0 Å². The molecule has 0 bridgehead atoms. The first kappa shape index (κ1) is 11.1. The van der Waals surface area contributed by atoms with Crippen LogP contribution in [0.1, 0.15) is 5.69 Å². The molecule has 0 aliphatic carbocycles. The maximum atomic E-state index is 13.1. The van der Waals surface area contributed by atoms with Gasteiger partial charge in [-0.3, -0.25) is 4.98 Å². The summed E-state index contributed by atoms with van der Waals surface area (Å²) < 4.78 is 15.6. The summed E-state index contributed by atoms with van der Waals surface area (Å²) in [6.07, 6.45) is 1.74. The van der Waals surface area contributed by atoms with Gasteiger partial charge in [-0.05, 0) is 42.5 Å². The predicted octanol–water partition coefficient (Wildman–Crippen LogP) is 3.28. The lowest BCUT2D eigenvalue weighted by atomic mass is 10.3. The van der Waals surface area contributed by atoms with Crippen molar-refractivity contribution in [2.45, 2.75) is 6.54 Å². The molecule has 90 valence electrons. The van der Waals surface area contributed by atoms with Crippen molar-refractivity contribution < 1.29 is 4.39 Å². The van der Waals surface area contributed by atoms with Crippen LogP contribution in [0, 0.1) is 10.6 Å². The molecule has 3 nitrogen and oxygen atoms in total. The Morgan fingerprint density at radius 2 is 2.17 bits per heavy atom. The van der Waals surface area contributed by atoms with E-state index in [4.69, 9.17) is 12.2 Å². The van der Waals surface area contributed by atoms with E-state index < -0.39 is 0 Å². The van der Waals surface area contributed by atoms with Crippen LogP contribution in [-0.4, -0.2) is 14.5 Å². The highest BCUT2D eigenvalue weighted by molar-refractivity contribution is 7.71. The van der Waals surface area contributed by atoms with E-state index in [1.165, 1.54) is 12.1 Å². The van der Waals surface area contributed by atoms with E-state index in [2.05, 4.69) is 9.97 Å². The normalized spacial score (nSPS) is 10.9. The molecule has 3 aromatic rings. The van der Waals surface area contributed by atoms with E-state index >= 15 is 0 Å². The number of fused-ring (bicyclic) bond motifs is 1. The molecule has 3 rings (SSSR count). The zero-order valence-corrected chi connectivity index (χ0v) is 10.2. The predicted molar refractivity (Wildman–Crippen MR) is 70.4 cm³/mol. The molecule has 0 spiro atoms. The van der Waals surface area contributed by atoms with Gasteiger partial charge in [-0.15, -0.1) is 0 Å². The second kappa shape index (κ2) is 4.34. The number of rotatable bonds is 2. The number of nitrogens with zero attached hydrogens (tertiary/aromatic N) is 2. The third kappa shape index (κ3) is 1.93. The van der Waals surface area contributed by atoms with Crippen molar-refractivity contribution in [3.05, 3.63) is 58.9 Å². The van der Waals surface area contributed by atoms with Crippen molar-refractivity contribution >= 4 is 23.3 Å². The van der Waals surface area contributed by atoms with Crippen molar-refractivity contribution in [3.63, 3.8) is 0 Å². The van der Waals surface area contributed by atoms with Gasteiger partial charge < -0.3 is 9.55 Å².